The maximum Gasteiger partial charge on any atom is 0.119 e. The zero-order chi connectivity index (χ0) is 13.7. The zero-order valence-corrected chi connectivity index (χ0v) is 11.3. The van der Waals surface area contributed by atoms with Crippen molar-refractivity contribution in [2.75, 3.05) is 13.2 Å². The Labute approximate surface area is 114 Å². The van der Waals surface area contributed by atoms with Crippen LogP contribution in [0.4, 0.5) is 0 Å². The van der Waals surface area contributed by atoms with Gasteiger partial charge in [-0.3, -0.25) is 0 Å². The fourth-order valence-corrected chi connectivity index (χ4v) is 2.00. The van der Waals surface area contributed by atoms with E-state index in [0.29, 0.717) is 13.0 Å². The molecule has 0 aromatic heterocycles. The first-order chi connectivity index (χ1) is 9.11. The van der Waals surface area contributed by atoms with Crippen molar-refractivity contribution in [1.82, 2.24) is 0 Å². The highest BCUT2D eigenvalue weighted by atomic mass is 16.5. The minimum absolute atomic E-state index is 0.281. The van der Waals surface area contributed by atoms with Crippen LogP contribution in [0.25, 0.3) is 10.8 Å². The SMILES string of the molecule is CC(O)(CN)CCCOc1ccc2ccccc2c1. The second-order valence-corrected chi connectivity index (χ2v) is 5.16. The number of aliphatic hydroxyl groups is 1. The maximum atomic E-state index is 9.78. The van der Waals surface area contributed by atoms with Crippen LogP contribution in [0, 0.1) is 0 Å². The second-order valence-electron chi connectivity index (χ2n) is 5.16. The summed E-state index contributed by atoms with van der Waals surface area (Å²) in [5, 5.41) is 12.2. The minimum atomic E-state index is -0.785. The lowest BCUT2D eigenvalue weighted by Gasteiger charge is -2.20. The summed E-state index contributed by atoms with van der Waals surface area (Å²) in [4.78, 5) is 0. The summed E-state index contributed by atoms with van der Waals surface area (Å²) in [6.45, 7) is 2.63. The van der Waals surface area contributed by atoms with Gasteiger partial charge in [-0.2, -0.15) is 0 Å². The molecule has 3 heteroatoms. The first kappa shape index (κ1) is 13.8. The van der Waals surface area contributed by atoms with Crippen molar-refractivity contribution in [2.45, 2.75) is 25.4 Å². The highest BCUT2D eigenvalue weighted by Gasteiger charge is 2.16. The molecule has 102 valence electrons. The van der Waals surface area contributed by atoms with Gasteiger partial charge in [-0.15, -0.1) is 0 Å². The fourth-order valence-electron chi connectivity index (χ4n) is 2.00. The molecule has 0 fully saturated rings. The average Bonchev–Trinajstić information content (AvgIpc) is 2.43. The third kappa shape index (κ3) is 3.94. The number of benzene rings is 2. The monoisotopic (exact) mass is 259 g/mol. The fraction of sp³-hybridized carbons (Fsp3) is 0.375. The van der Waals surface area contributed by atoms with E-state index in [1.165, 1.54) is 10.8 Å². The van der Waals surface area contributed by atoms with Gasteiger partial charge in [0.25, 0.3) is 0 Å². The first-order valence-electron chi connectivity index (χ1n) is 6.65. The summed E-state index contributed by atoms with van der Waals surface area (Å²) in [5.74, 6) is 0.867. The molecule has 0 radical (unpaired) electrons. The van der Waals surface area contributed by atoms with Gasteiger partial charge < -0.3 is 15.6 Å². The van der Waals surface area contributed by atoms with Gasteiger partial charge in [0.1, 0.15) is 5.75 Å². The van der Waals surface area contributed by atoms with E-state index in [-0.39, 0.29) is 6.54 Å². The molecule has 0 saturated heterocycles. The van der Waals surface area contributed by atoms with E-state index in [9.17, 15) is 5.11 Å². The van der Waals surface area contributed by atoms with Crippen LogP contribution < -0.4 is 10.5 Å². The number of hydrogen-bond donors (Lipinski definition) is 2. The maximum absolute atomic E-state index is 9.78. The van der Waals surface area contributed by atoms with Gasteiger partial charge in [-0.25, -0.2) is 0 Å². The molecule has 0 aliphatic rings. The largest absolute Gasteiger partial charge is 0.494 e. The van der Waals surface area contributed by atoms with Crippen LogP contribution in [-0.4, -0.2) is 23.9 Å². The topological polar surface area (TPSA) is 55.5 Å². The van der Waals surface area contributed by atoms with Crippen molar-refractivity contribution in [3.63, 3.8) is 0 Å². The number of nitrogens with two attached hydrogens (primary N) is 1. The number of ether oxygens (including phenoxy) is 1. The van der Waals surface area contributed by atoms with E-state index in [4.69, 9.17) is 10.5 Å². The number of hydrogen-bond acceptors (Lipinski definition) is 3. The molecule has 0 saturated carbocycles. The van der Waals surface area contributed by atoms with E-state index in [1.54, 1.807) is 6.92 Å². The lowest BCUT2D eigenvalue weighted by Crippen LogP contribution is -2.34. The van der Waals surface area contributed by atoms with Crippen molar-refractivity contribution >= 4 is 10.8 Å². The highest BCUT2D eigenvalue weighted by Crippen LogP contribution is 2.21. The van der Waals surface area contributed by atoms with E-state index < -0.39 is 5.60 Å². The molecule has 0 heterocycles. The van der Waals surface area contributed by atoms with Gasteiger partial charge in [0, 0.05) is 6.54 Å². The van der Waals surface area contributed by atoms with E-state index >= 15 is 0 Å². The Kier molecular flexibility index (Phi) is 4.40. The van der Waals surface area contributed by atoms with Gasteiger partial charge in [-0.1, -0.05) is 30.3 Å². The zero-order valence-electron chi connectivity index (χ0n) is 11.3. The normalized spacial score (nSPS) is 14.3. The van der Waals surface area contributed by atoms with Crippen molar-refractivity contribution in [2.24, 2.45) is 5.73 Å². The third-order valence-corrected chi connectivity index (χ3v) is 3.29. The Balaban J connectivity index is 1.88. The Morgan fingerprint density at radius 2 is 1.89 bits per heavy atom. The molecule has 0 spiro atoms. The van der Waals surface area contributed by atoms with Crippen LogP contribution in [0.3, 0.4) is 0 Å². The van der Waals surface area contributed by atoms with Gasteiger partial charge in [0.05, 0.1) is 12.2 Å². The lowest BCUT2D eigenvalue weighted by atomic mass is 10.0. The van der Waals surface area contributed by atoms with Crippen molar-refractivity contribution in [1.29, 1.82) is 0 Å². The molecule has 0 bridgehead atoms. The molecule has 1 atom stereocenters. The summed E-state index contributed by atoms with van der Waals surface area (Å²) in [6.07, 6.45) is 1.44. The van der Waals surface area contributed by atoms with Gasteiger partial charge >= 0.3 is 0 Å². The third-order valence-electron chi connectivity index (χ3n) is 3.29. The van der Waals surface area contributed by atoms with E-state index in [1.807, 2.05) is 24.3 Å². The molecular weight excluding hydrogens is 238 g/mol. The number of rotatable bonds is 6. The van der Waals surface area contributed by atoms with E-state index in [0.717, 1.165) is 12.2 Å². The standard InChI is InChI=1S/C16H21NO2/c1-16(18,12-17)9-4-10-19-15-8-7-13-5-2-3-6-14(13)11-15/h2-3,5-8,11,18H,4,9-10,12,17H2,1H3. The summed E-state index contributed by atoms with van der Waals surface area (Å²) in [7, 11) is 0. The summed E-state index contributed by atoms with van der Waals surface area (Å²) >= 11 is 0. The summed E-state index contributed by atoms with van der Waals surface area (Å²) < 4.78 is 5.70. The molecule has 19 heavy (non-hydrogen) atoms. The van der Waals surface area contributed by atoms with Crippen molar-refractivity contribution in [3.8, 4) is 5.75 Å². The van der Waals surface area contributed by atoms with Crippen LogP contribution in [0.2, 0.25) is 0 Å². The smallest absolute Gasteiger partial charge is 0.119 e. The summed E-state index contributed by atoms with van der Waals surface area (Å²) in [6, 6.07) is 14.3. The van der Waals surface area contributed by atoms with Crippen LogP contribution >= 0.6 is 0 Å². The summed E-state index contributed by atoms with van der Waals surface area (Å²) in [5.41, 5.74) is 4.69. The Morgan fingerprint density at radius 3 is 2.63 bits per heavy atom. The Bertz CT molecular complexity index is 537. The van der Waals surface area contributed by atoms with Crippen LogP contribution in [-0.2, 0) is 0 Å². The second kappa shape index (κ2) is 6.04. The molecule has 0 amide bonds. The Hall–Kier alpha value is -1.58. The molecule has 2 aromatic carbocycles. The quantitative estimate of drug-likeness (QED) is 0.784. The first-order valence-corrected chi connectivity index (χ1v) is 6.65. The Morgan fingerprint density at radius 1 is 1.16 bits per heavy atom. The van der Waals surface area contributed by atoms with Gasteiger partial charge in [0.2, 0.25) is 0 Å². The number of fused-ring (bicyclic) bond motifs is 1. The molecule has 2 rings (SSSR count). The molecule has 0 aliphatic heterocycles. The molecular formula is C16H21NO2. The predicted molar refractivity (Wildman–Crippen MR) is 78.4 cm³/mol. The average molecular weight is 259 g/mol. The lowest BCUT2D eigenvalue weighted by molar-refractivity contribution is 0.0536. The molecule has 2 aromatic rings. The van der Waals surface area contributed by atoms with Crippen molar-refractivity contribution < 1.29 is 9.84 Å². The highest BCUT2D eigenvalue weighted by molar-refractivity contribution is 5.83. The van der Waals surface area contributed by atoms with Crippen molar-refractivity contribution in [3.05, 3.63) is 42.5 Å². The predicted octanol–water partition coefficient (Wildman–Crippen LogP) is 2.71. The molecule has 3 nitrogen and oxygen atoms in total. The van der Waals surface area contributed by atoms with Gasteiger partial charge in [-0.05, 0) is 42.7 Å². The molecule has 0 aliphatic carbocycles. The minimum Gasteiger partial charge on any atom is -0.494 e. The van der Waals surface area contributed by atoms with Gasteiger partial charge in [0.15, 0.2) is 0 Å². The van der Waals surface area contributed by atoms with Crippen LogP contribution in [0.5, 0.6) is 5.75 Å². The van der Waals surface area contributed by atoms with E-state index in [2.05, 4.69) is 18.2 Å². The van der Waals surface area contributed by atoms with Crippen LogP contribution in [0.15, 0.2) is 42.5 Å². The molecule has 3 N–H and O–H groups in total. The molecule has 1 unspecified atom stereocenters. The van der Waals surface area contributed by atoms with Crippen LogP contribution in [0.1, 0.15) is 19.8 Å².